The van der Waals surface area contributed by atoms with Gasteiger partial charge in [-0.3, -0.25) is 0 Å². The third kappa shape index (κ3) is 6.60. The Hall–Kier alpha value is -3.67. The fraction of sp³-hybridized carbons (Fsp3) is 0.346. The van der Waals surface area contributed by atoms with Crippen molar-refractivity contribution in [3.05, 3.63) is 84.8 Å². The molecule has 0 unspecified atom stereocenters. The third-order valence-corrected chi connectivity index (χ3v) is 5.45. The molecule has 3 rings (SSSR count). The number of halogens is 6. The van der Waals surface area contributed by atoms with Gasteiger partial charge in [-0.1, -0.05) is 42.5 Å². The van der Waals surface area contributed by atoms with Gasteiger partial charge < -0.3 is 13.9 Å². The number of rotatable bonds is 12. The van der Waals surface area contributed by atoms with Gasteiger partial charge in [0, 0.05) is 6.42 Å². The van der Waals surface area contributed by atoms with Crippen LogP contribution in [0.2, 0.25) is 0 Å². The molecule has 0 amide bonds. The van der Waals surface area contributed by atoms with Crippen molar-refractivity contribution in [1.29, 1.82) is 0 Å². The molecule has 0 saturated heterocycles. The predicted octanol–water partition coefficient (Wildman–Crippen LogP) is 7.43. The van der Waals surface area contributed by atoms with Gasteiger partial charge in [-0.15, -0.1) is 23.4 Å². The lowest BCUT2D eigenvalue weighted by Crippen LogP contribution is -2.45. The van der Waals surface area contributed by atoms with Gasteiger partial charge in [0.05, 0.1) is 6.61 Å². The van der Waals surface area contributed by atoms with Gasteiger partial charge in [-0.05, 0) is 37.5 Å². The van der Waals surface area contributed by atoms with Crippen molar-refractivity contribution in [1.82, 2.24) is 15.2 Å². The third-order valence-electron chi connectivity index (χ3n) is 5.45. The van der Waals surface area contributed by atoms with Crippen LogP contribution in [0.25, 0.3) is 11.6 Å². The van der Waals surface area contributed by atoms with Crippen LogP contribution in [0.3, 0.4) is 0 Å². The standard InChI is InChI=1S/C26H25F6N3O3/c1-4-6-15-24(26(30,31)32,36-16-18-11-8-7-9-12-18)23-35-34-22(38-23)20-14-13-19(25(27,28)29)21(33-20)37-17(3)10-5-2/h4-5,7-9,11-14,17H,1-2,6,10,15-16H2,3H3/t17-,24-/m1/s1. The van der Waals surface area contributed by atoms with Crippen LogP contribution in [0, 0.1) is 0 Å². The number of benzene rings is 1. The SMILES string of the molecule is C=CCC[C@@](OCc1ccccc1)(c1nnc(-c2ccc(C(F)(F)F)c(O[C@H](C)CC=C)n2)o1)C(F)(F)F. The molecule has 204 valence electrons. The van der Waals surface area contributed by atoms with Gasteiger partial charge >= 0.3 is 12.4 Å². The molecule has 0 fully saturated rings. The van der Waals surface area contributed by atoms with Crippen LogP contribution in [0.1, 0.15) is 43.2 Å². The highest BCUT2D eigenvalue weighted by Crippen LogP contribution is 2.46. The van der Waals surface area contributed by atoms with Crippen LogP contribution in [-0.4, -0.2) is 27.5 Å². The van der Waals surface area contributed by atoms with Crippen LogP contribution in [0.15, 0.2) is 72.2 Å². The fourth-order valence-corrected chi connectivity index (χ4v) is 3.50. The topological polar surface area (TPSA) is 70.3 Å². The van der Waals surface area contributed by atoms with Gasteiger partial charge in [0.2, 0.25) is 11.5 Å². The highest BCUT2D eigenvalue weighted by Gasteiger charge is 2.61. The Balaban J connectivity index is 2.04. The van der Waals surface area contributed by atoms with E-state index in [9.17, 15) is 26.3 Å². The van der Waals surface area contributed by atoms with Crippen LogP contribution in [0.5, 0.6) is 5.88 Å². The summed E-state index contributed by atoms with van der Waals surface area (Å²) in [5.74, 6) is -2.23. The summed E-state index contributed by atoms with van der Waals surface area (Å²) in [5.41, 5.74) is -4.01. The van der Waals surface area contributed by atoms with Crippen LogP contribution < -0.4 is 4.74 Å². The summed E-state index contributed by atoms with van der Waals surface area (Å²) < 4.78 is 100. The highest BCUT2D eigenvalue weighted by atomic mass is 19.4. The number of aromatic nitrogens is 3. The van der Waals surface area contributed by atoms with E-state index in [0.717, 1.165) is 6.07 Å². The van der Waals surface area contributed by atoms with Crippen molar-refractivity contribution >= 4 is 0 Å². The Morgan fingerprint density at radius 2 is 1.68 bits per heavy atom. The molecule has 12 heteroatoms. The molecule has 38 heavy (non-hydrogen) atoms. The number of alkyl halides is 6. The summed E-state index contributed by atoms with van der Waals surface area (Å²) in [6.07, 6.45) is -8.25. The van der Waals surface area contributed by atoms with Crippen LogP contribution in [-0.2, 0) is 23.1 Å². The normalized spacial score (nSPS) is 14.5. The molecule has 2 heterocycles. The minimum absolute atomic E-state index is 0.107. The van der Waals surface area contributed by atoms with Gasteiger partial charge in [-0.25, -0.2) is 4.98 Å². The lowest BCUT2D eigenvalue weighted by Gasteiger charge is -2.32. The minimum Gasteiger partial charge on any atom is -0.474 e. The quantitative estimate of drug-likeness (QED) is 0.175. The Bertz CT molecular complexity index is 1230. The Morgan fingerprint density at radius 1 is 0.974 bits per heavy atom. The molecule has 0 aliphatic heterocycles. The van der Waals surface area contributed by atoms with Gasteiger partial charge in [-0.2, -0.15) is 26.3 Å². The highest BCUT2D eigenvalue weighted by molar-refractivity contribution is 5.50. The zero-order valence-corrected chi connectivity index (χ0v) is 20.4. The summed E-state index contributed by atoms with van der Waals surface area (Å²) in [7, 11) is 0. The van der Waals surface area contributed by atoms with E-state index in [1.54, 1.807) is 30.3 Å². The maximum atomic E-state index is 14.5. The second kappa shape index (κ2) is 11.8. The van der Waals surface area contributed by atoms with Crippen molar-refractivity contribution < 1.29 is 40.2 Å². The van der Waals surface area contributed by atoms with Gasteiger partial charge in [0.15, 0.2) is 0 Å². The molecule has 1 aromatic carbocycles. The maximum absolute atomic E-state index is 14.5. The summed E-state index contributed by atoms with van der Waals surface area (Å²) in [6, 6.07) is 9.78. The molecule has 2 atom stereocenters. The first-order valence-electron chi connectivity index (χ1n) is 11.5. The minimum atomic E-state index is -4.99. The van der Waals surface area contributed by atoms with Crippen molar-refractivity contribution in [3.8, 4) is 17.5 Å². The first kappa shape index (κ1) is 28.9. The first-order chi connectivity index (χ1) is 17.9. The number of pyridine rings is 1. The number of nitrogens with zero attached hydrogens (tertiary/aromatic N) is 3. The van der Waals surface area contributed by atoms with Crippen LogP contribution >= 0.6 is 0 Å². The van der Waals surface area contributed by atoms with E-state index in [0.29, 0.717) is 11.6 Å². The van der Waals surface area contributed by atoms with Crippen molar-refractivity contribution in [3.63, 3.8) is 0 Å². The Labute approximate surface area is 215 Å². The van der Waals surface area contributed by atoms with Gasteiger partial charge in [0.1, 0.15) is 17.4 Å². The Morgan fingerprint density at radius 3 is 2.29 bits per heavy atom. The zero-order valence-electron chi connectivity index (χ0n) is 20.4. The number of allylic oxidation sites excluding steroid dienone is 1. The monoisotopic (exact) mass is 541 g/mol. The van der Waals surface area contributed by atoms with Crippen molar-refractivity contribution in [2.45, 2.75) is 56.9 Å². The Kier molecular flexibility index (Phi) is 8.97. The number of hydrogen-bond donors (Lipinski definition) is 0. The smallest absolute Gasteiger partial charge is 0.426 e. The van der Waals surface area contributed by atoms with E-state index in [4.69, 9.17) is 13.9 Å². The van der Waals surface area contributed by atoms with Crippen molar-refractivity contribution in [2.24, 2.45) is 0 Å². The first-order valence-corrected chi connectivity index (χ1v) is 11.5. The maximum Gasteiger partial charge on any atom is 0.426 e. The fourth-order valence-electron chi connectivity index (χ4n) is 3.50. The van der Waals surface area contributed by atoms with E-state index in [2.05, 4.69) is 28.3 Å². The summed E-state index contributed by atoms with van der Waals surface area (Å²) in [6.45, 7) is 8.08. The average molecular weight is 541 g/mol. The molecular weight excluding hydrogens is 516 g/mol. The summed E-state index contributed by atoms with van der Waals surface area (Å²) >= 11 is 0. The van der Waals surface area contributed by atoms with Crippen molar-refractivity contribution in [2.75, 3.05) is 0 Å². The van der Waals surface area contributed by atoms with E-state index in [1.165, 1.54) is 19.1 Å². The molecule has 0 spiro atoms. The molecule has 0 saturated carbocycles. The molecule has 0 aliphatic carbocycles. The summed E-state index contributed by atoms with van der Waals surface area (Å²) in [4.78, 5) is 3.83. The molecule has 2 aromatic heterocycles. The van der Waals surface area contributed by atoms with E-state index in [-0.39, 0.29) is 18.5 Å². The lowest BCUT2D eigenvalue weighted by atomic mass is 9.96. The number of hydrogen-bond acceptors (Lipinski definition) is 6. The van der Waals surface area contributed by atoms with E-state index < -0.39 is 60.3 Å². The van der Waals surface area contributed by atoms with Gasteiger partial charge in [0.25, 0.3) is 11.8 Å². The number of ether oxygens (including phenoxy) is 2. The molecule has 0 radical (unpaired) electrons. The molecule has 0 bridgehead atoms. The predicted molar refractivity (Wildman–Crippen MR) is 126 cm³/mol. The summed E-state index contributed by atoms with van der Waals surface area (Å²) in [5, 5.41) is 7.22. The molecule has 0 N–H and O–H groups in total. The van der Waals surface area contributed by atoms with E-state index >= 15 is 0 Å². The zero-order chi connectivity index (χ0) is 28.0. The van der Waals surface area contributed by atoms with Crippen LogP contribution in [0.4, 0.5) is 26.3 Å². The van der Waals surface area contributed by atoms with E-state index in [1.807, 2.05) is 0 Å². The molecular formula is C26H25F6N3O3. The second-order valence-electron chi connectivity index (χ2n) is 8.34. The molecule has 3 aromatic rings. The second-order valence-corrected chi connectivity index (χ2v) is 8.34. The lowest BCUT2D eigenvalue weighted by molar-refractivity contribution is -0.299. The molecule has 6 nitrogen and oxygen atoms in total. The molecule has 0 aliphatic rings. The largest absolute Gasteiger partial charge is 0.474 e. The average Bonchev–Trinajstić information content (AvgIpc) is 3.34.